The minimum absolute atomic E-state index is 0.507. The fraction of sp³-hybridized carbons (Fsp3) is 0.444. The predicted octanol–water partition coefficient (Wildman–Crippen LogP) is 2.48. The van der Waals surface area contributed by atoms with Crippen molar-refractivity contribution in [1.82, 2.24) is 4.90 Å². The van der Waals surface area contributed by atoms with Crippen molar-refractivity contribution in [2.75, 3.05) is 13.6 Å². The molecule has 0 saturated carbocycles. The number of hydrogen-bond acceptors (Lipinski definition) is 1. The third-order valence-corrected chi connectivity index (χ3v) is 1.64. The normalized spacial score (nSPS) is 18.1. The predicted molar refractivity (Wildman–Crippen MR) is 44.0 cm³/mol. The molecule has 1 aliphatic rings. The smallest absolute Gasteiger partial charge is 0.370 e. The van der Waals surface area contributed by atoms with Gasteiger partial charge in [0, 0.05) is 19.8 Å². The Balaban J connectivity index is 3.08. The lowest BCUT2D eigenvalue weighted by Crippen LogP contribution is -2.12. The summed E-state index contributed by atoms with van der Waals surface area (Å²) in [6.07, 6.45) is -1.86. The molecule has 72 valence electrons. The van der Waals surface area contributed by atoms with E-state index in [1.54, 1.807) is 18.9 Å². The lowest BCUT2D eigenvalue weighted by Gasteiger charge is -2.10. The van der Waals surface area contributed by atoms with E-state index in [1.807, 2.05) is 0 Å². The van der Waals surface area contributed by atoms with Crippen LogP contribution in [0.15, 0.2) is 29.2 Å². The third kappa shape index (κ3) is 2.67. The molecule has 0 aromatic rings. The van der Waals surface area contributed by atoms with Crippen molar-refractivity contribution in [1.29, 1.82) is 0 Å². The first-order chi connectivity index (χ1) is 5.89. The zero-order valence-electron chi connectivity index (χ0n) is 7.44. The third-order valence-electron chi connectivity index (χ3n) is 1.64. The number of halogens is 3. The van der Waals surface area contributed by atoms with Crippen molar-refractivity contribution in [3.8, 4) is 0 Å². The average molecular weight is 189 g/mol. The Hall–Kier alpha value is -1.15. The molecular formula is C9H10F3N. The van der Waals surface area contributed by atoms with Crippen LogP contribution in [0, 0.1) is 0 Å². The SMILES string of the molecule is CC1=CC(C(F)(F)F)=C=CN(C)C1. The quantitative estimate of drug-likeness (QED) is 0.529. The van der Waals surface area contributed by atoms with Crippen molar-refractivity contribution in [2.45, 2.75) is 13.1 Å². The van der Waals surface area contributed by atoms with E-state index in [2.05, 4.69) is 5.73 Å². The average Bonchev–Trinajstić information content (AvgIpc) is 2.09. The molecule has 1 heterocycles. The molecule has 0 spiro atoms. The van der Waals surface area contributed by atoms with Crippen LogP contribution >= 0.6 is 0 Å². The maximum atomic E-state index is 12.2. The highest BCUT2D eigenvalue weighted by Crippen LogP contribution is 2.27. The molecule has 13 heavy (non-hydrogen) atoms. The van der Waals surface area contributed by atoms with Gasteiger partial charge in [-0.25, -0.2) is 0 Å². The van der Waals surface area contributed by atoms with Gasteiger partial charge in [-0.3, -0.25) is 0 Å². The lowest BCUT2D eigenvalue weighted by molar-refractivity contribution is -0.0880. The monoisotopic (exact) mass is 189 g/mol. The molecule has 4 heteroatoms. The summed E-state index contributed by atoms with van der Waals surface area (Å²) in [6, 6.07) is 0. The first kappa shape index (κ1) is 9.93. The summed E-state index contributed by atoms with van der Waals surface area (Å²) in [4.78, 5) is 1.66. The molecule has 0 fully saturated rings. The zero-order valence-corrected chi connectivity index (χ0v) is 7.44. The standard InChI is InChI=1S/C9H10F3N/c1-7-5-8(9(10,11)12)3-4-13(2)6-7/h4-5H,6H2,1-2H3. The Labute approximate surface area is 74.8 Å². The van der Waals surface area contributed by atoms with Crippen LogP contribution in [0.4, 0.5) is 13.2 Å². The first-order valence-electron chi connectivity index (χ1n) is 3.81. The highest BCUT2D eigenvalue weighted by atomic mass is 19.4. The molecule has 0 atom stereocenters. The van der Waals surface area contributed by atoms with Gasteiger partial charge in [-0.05, 0) is 13.0 Å². The van der Waals surface area contributed by atoms with Gasteiger partial charge in [-0.1, -0.05) is 11.3 Å². The molecular weight excluding hydrogens is 179 g/mol. The van der Waals surface area contributed by atoms with Crippen LogP contribution in [0.5, 0.6) is 0 Å². The fourth-order valence-corrected chi connectivity index (χ4v) is 1.12. The first-order valence-corrected chi connectivity index (χ1v) is 3.81. The highest BCUT2D eigenvalue weighted by Gasteiger charge is 2.32. The number of nitrogens with zero attached hydrogens (tertiary/aromatic N) is 1. The van der Waals surface area contributed by atoms with Crippen LogP contribution in [-0.4, -0.2) is 24.7 Å². The van der Waals surface area contributed by atoms with Crippen molar-refractivity contribution >= 4 is 0 Å². The molecule has 0 unspecified atom stereocenters. The van der Waals surface area contributed by atoms with E-state index in [1.165, 1.54) is 6.20 Å². The minimum Gasteiger partial charge on any atom is -0.370 e. The van der Waals surface area contributed by atoms with Crippen LogP contribution < -0.4 is 0 Å². The summed E-state index contributed by atoms with van der Waals surface area (Å²) in [5.74, 6) is 0. The summed E-state index contributed by atoms with van der Waals surface area (Å²) in [6.45, 7) is 2.18. The van der Waals surface area contributed by atoms with Crippen molar-refractivity contribution < 1.29 is 13.2 Å². The second-order valence-corrected chi connectivity index (χ2v) is 3.09. The topological polar surface area (TPSA) is 3.24 Å². The molecule has 0 saturated heterocycles. The summed E-state index contributed by atoms with van der Waals surface area (Å²) in [7, 11) is 1.71. The van der Waals surface area contributed by atoms with E-state index in [4.69, 9.17) is 0 Å². The minimum atomic E-state index is -4.30. The second-order valence-electron chi connectivity index (χ2n) is 3.09. The Morgan fingerprint density at radius 3 is 2.62 bits per heavy atom. The van der Waals surface area contributed by atoms with Gasteiger partial charge in [0.25, 0.3) is 0 Å². The van der Waals surface area contributed by atoms with Gasteiger partial charge in [0.2, 0.25) is 0 Å². The molecule has 0 radical (unpaired) electrons. The lowest BCUT2D eigenvalue weighted by atomic mass is 10.2. The molecule has 0 amide bonds. The Morgan fingerprint density at radius 1 is 1.46 bits per heavy atom. The van der Waals surface area contributed by atoms with Crippen LogP contribution in [0.2, 0.25) is 0 Å². The molecule has 1 nitrogen and oxygen atoms in total. The van der Waals surface area contributed by atoms with E-state index < -0.39 is 11.7 Å². The molecule has 1 rings (SSSR count). The second kappa shape index (κ2) is 3.30. The van der Waals surface area contributed by atoms with Gasteiger partial charge in [0.15, 0.2) is 0 Å². The number of alkyl halides is 3. The number of likely N-dealkylation sites (N-methyl/N-ethyl adjacent to an activating group) is 1. The van der Waals surface area contributed by atoms with Crippen LogP contribution in [0.25, 0.3) is 0 Å². The summed E-state index contributed by atoms with van der Waals surface area (Å²) in [5, 5.41) is 0. The van der Waals surface area contributed by atoms with Crippen molar-refractivity contribution in [3.05, 3.63) is 29.2 Å². The number of hydrogen-bond donors (Lipinski definition) is 0. The van der Waals surface area contributed by atoms with E-state index in [0.717, 1.165) is 6.08 Å². The largest absolute Gasteiger partial charge is 0.423 e. The van der Waals surface area contributed by atoms with Gasteiger partial charge < -0.3 is 4.90 Å². The van der Waals surface area contributed by atoms with E-state index in [-0.39, 0.29) is 0 Å². The maximum absolute atomic E-state index is 12.2. The fourth-order valence-electron chi connectivity index (χ4n) is 1.12. The Bertz CT molecular complexity index is 292. The van der Waals surface area contributed by atoms with Gasteiger partial charge in [-0.15, -0.1) is 0 Å². The van der Waals surface area contributed by atoms with Gasteiger partial charge >= 0.3 is 6.18 Å². The maximum Gasteiger partial charge on any atom is 0.423 e. The van der Waals surface area contributed by atoms with Crippen LogP contribution in [-0.2, 0) is 0 Å². The Kier molecular flexibility index (Phi) is 2.52. The van der Waals surface area contributed by atoms with E-state index in [9.17, 15) is 13.2 Å². The molecule has 1 aliphatic heterocycles. The zero-order chi connectivity index (χ0) is 10.1. The number of allylic oxidation sites excluding steroid dienone is 2. The molecule has 0 aromatic carbocycles. The highest BCUT2D eigenvalue weighted by molar-refractivity contribution is 5.28. The molecule has 0 aromatic heterocycles. The molecule has 0 bridgehead atoms. The summed E-state index contributed by atoms with van der Waals surface area (Å²) >= 11 is 0. The van der Waals surface area contributed by atoms with E-state index >= 15 is 0 Å². The van der Waals surface area contributed by atoms with Gasteiger partial charge in [0.1, 0.15) is 0 Å². The Morgan fingerprint density at radius 2 is 2.08 bits per heavy atom. The van der Waals surface area contributed by atoms with E-state index in [0.29, 0.717) is 12.1 Å². The van der Waals surface area contributed by atoms with Crippen LogP contribution in [0.3, 0.4) is 0 Å². The summed E-state index contributed by atoms with van der Waals surface area (Å²) in [5.41, 5.74) is 2.18. The van der Waals surface area contributed by atoms with Crippen LogP contribution in [0.1, 0.15) is 6.92 Å². The molecule has 0 N–H and O–H groups in total. The van der Waals surface area contributed by atoms with Crippen molar-refractivity contribution in [3.63, 3.8) is 0 Å². The molecule has 0 aliphatic carbocycles. The number of rotatable bonds is 0. The van der Waals surface area contributed by atoms with Gasteiger partial charge in [-0.2, -0.15) is 13.2 Å². The van der Waals surface area contributed by atoms with Gasteiger partial charge in [0.05, 0.1) is 5.57 Å². The van der Waals surface area contributed by atoms with Crippen molar-refractivity contribution in [2.24, 2.45) is 0 Å². The summed E-state index contributed by atoms with van der Waals surface area (Å²) < 4.78 is 36.7.